The predicted molar refractivity (Wildman–Crippen MR) is 80.6 cm³/mol. The highest BCUT2D eigenvalue weighted by Gasteiger charge is 2.04. The van der Waals surface area contributed by atoms with E-state index in [2.05, 4.69) is 37.2 Å². The summed E-state index contributed by atoms with van der Waals surface area (Å²) in [6.07, 6.45) is 0. The van der Waals surface area contributed by atoms with Crippen LogP contribution in [0.4, 0.5) is 10.1 Å². The van der Waals surface area contributed by atoms with Crippen molar-refractivity contribution < 1.29 is 4.39 Å². The van der Waals surface area contributed by atoms with Crippen molar-refractivity contribution in [1.82, 2.24) is 0 Å². The van der Waals surface area contributed by atoms with Gasteiger partial charge < -0.3 is 5.32 Å². The van der Waals surface area contributed by atoms with E-state index in [1.54, 1.807) is 12.1 Å². The number of hydrogen-bond donors (Lipinski definition) is 1. The SMILES string of the molecule is Fc1ccc(CNc2cccc(Cl)c2Br)cc1Br. The highest BCUT2D eigenvalue weighted by atomic mass is 79.9. The number of halogens is 4. The van der Waals surface area contributed by atoms with E-state index in [1.807, 2.05) is 18.2 Å². The molecule has 94 valence electrons. The van der Waals surface area contributed by atoms with E-state index in [4.69, 9.17) is 11.6 Å². The molecule has 0 unspecified atom stereocenters. The van der Waals surface area contributed by atoms with Crippen molar-refractivity contribution in [2.24, 2.45) is 0 Å². The molecule has 0 saturated carbocycles. The van der Waals surface area contributed by atoms with E-state index in [9.17, 15) is 4.39 Å². The first-order valence-electron chi connectivity index (χ1n) is 5.20. The van der Waals surface area contributed by atoms with Crippen LogP contribution in [0.15, 0.2) is 45.3 Å². The van der Waals surface area contributed by atoms with E-state index < -0.39 is 0 Å². The molecule has 0 aliphatic rings. The minimum atomic E-state index is -0.261. The zero-order valence-electron chi connectivity index (χ0n) is 9.18. The Morgan fingerprint density at radius 3 is 2.67 bits per heavy atom. The molecule has 0 fully saturated rings. The van der Waals surface area contributed by atoms with Gasteiger partial charge in [-0.3, -0.25) is 0 Å². The van der Waals surface area contributed by atoms with Gasteiger partial charge in [0.1, 0.15) is 5.82 Å². The maximum absolute atomic E-state index is 13.1. The lowest BCUT2D eigenvalue weighted by Crippen LogP contribution is -2.00. The van der Waals surface area contributed by atoms with Crippen LogP contribution in [-0.2, 0) is 6.54 Å². The number of hydrogen-bond acceptors (Lipinski definition) is 1. The molecule has 0 saturated heterocycles. The molecule has 0 radical (unpaired) electrons. The zero-order chi connectivity index (χ0) is 13.1. The third-order valence-corrected chi connectivity index (χ3v) is 4.42. The van der Waals surface area contributed by atoms with Crippen molar-refractivity contribution in [3.05, 3.63) is 61.7 Å². The molecular weight excluding hydrogens is 384 g/mol. The summed E-state index contributed by atoms with van der Waals surface area (Å²) in [7, 11) is 0. The lowest BCUT2D eigenvalue weighted by Gasteiger charge is -2.10. The van der Waals surface area contributed by atoms with Crippen LogP contribution in [-0.4, -0.2) is 0 Å². The molecule has 1 nitrogen and oxygen atoms in total. The van der Waals surface area contributed by atoms with Gasteiger partial charge >= 0.3 is 0 Å². The molecule has 0 aliphatic heterocycles. The first kappa shape index (κ1) is 13.8. The monoisotopic (exact) mass is 391 g/mol. The quantitative estimate of drug-likeness (QED) is 0.714. The number of anilines is 1. The van der Waals surface area contributed by atoms with Gasteiger partial charge in [0, 0.05) is 6.54 Å². The summed E-state index contributed by atoms with van der Waals surface area (Å²) in [5.41, 5.74) is 1.89. The van der Waals surface area contributed by atoms with Crippen molar-refractivity contribution >= 4 is 49.1 Å². The van der Waals surface area contributed by atoms with Crippen LogP contribution < -0.4 is 5.32 Å². The number of nitrogens with one attached hydrogen (secondary N) is 1. The van der Waals surface area contributed by atoms with Crippen molar-refractivity contribution in [1.29, 1.82) is 0 Å². The first-order chi connectivity index (χ1) is 8.58. The smallest absolute Gasteiger partial charge is 0.137 e. The van der Waals surface area contributed by atoms with Gasteiger partial charge in [0.15, 0.2) is 0 Å². The fraction of sp³-hybridized carbons (Fsp3) is 0.0769. The summed E-state index contributed by atoms with van der Waals surface area (Å²) in [6, 6.07) is 10.5. The molecule has 2 aromatic rings. The van der Waals surface area contributed by atoms with Gasteiger partial charge in [-0.1, -0.05) is 23.7 Å². The van der Waals surface area contributed by atoms with Crippen LogP contribution in [0.25, 0.3) is 0 Å². The van der Waals surface area contributed by atoms with Crippen LogP contribution in [0, 0.1) is 5.82 Å². The largest absolute Gasteiger partial charge is 0.380 e. The summed E-state index contributed by atoms with van der Waals surface area (Å²) < 4.78 is 14.4. The average molecular weight is 393 g/mol. The second-order valence-corrected chi connectivity index (χ2v) is 5.76. The van der Waals surface area contributed by atoms with E-state index in [0.29, 0.717) is 16.0 Å². The van der Waals surface area contributed by atoms with Gasteiger partial charge in [0.25, 0.3) is 0 Å². The minimum Gasteiger partial charge on any atom is -0.380 e. The Kier molecular flexibility index (Phi) is 4.65. The van der Waals surface area contributed by atoms with Crippen LogP contribution in [0.5, 0.6) is 0 Å². The second kappa shape index (κ2) is 6.04. The fourth-order valence-corrected chi connectivity index (χ4v) is 2.49. The standard InChI is InChI=1S/C13H9Br2ClFN/c14-9-6-8(4-5-11(9)17)7-18-12-3-1-2-10(16)13(12)15/h1-6,18H,7H2. The Labute approximate surface area is 127 Å². The van der Waals surface area contributed by atoms with E-state index in [-0.39, 0.29) is 5.82 Å². The lowest BCUT2D eigenvalue weighted by molar-refractivity contribution is 0.620. The Bertz CT molecular complexity index is 575. The number of benzene rings is 2. The Morgan fingerprint density at radius 1 is 1.17 bits per heavy atom. The summed E-state index contributed by atoms with van der Waals surface area (Å²) >= 11 is 12.6. The van der Waals surface area contributed by atoms with Crippen molar-refractivity contribution in [2.45, 2.75) is 6.54 Å². The van der Waals surface area contributed by atoms with Crippen LogP contribution in [0.1, 0.15) is 5.56 Å². The topological polar surface area (TPSA) is 12.0 Å². The van der Waals surface area contributed by atoms with Crippen molar-refractivity contribution in [3.8, 4) is 0 Å². The maximum Gasteiger partial charge on any atom is 0.137 e. The molecule has 0 bridgehead atoms. The van der Waals surface area contributed by atoms with Crippen LogP contribution in [0.3, 0.4) is 0 Å². The molecule has 0 aliphatic carbocycles. The summed E-state index contributed by atoms with van der Waals surface area (Å²) in [6.45, 7) is 0.595. The average Bonchev–Trinajstić information content (AvgIpc) is 2.35. The maximum atomic E-state index is 13.1. The third kappa shape index (κ3) is 3.25. The van der Waals surface area contributed by atoms with Gasteiger partial charge in [-0.25, -0.2) is 4.39 Å². The van der Waals surface area contributed by atoms with E-state index in [1.165, 1.54) is 6.07 Å². The normalized spacial score (nSPS) is 10.4. The Hall–Kier alpha value is -0.580. The molecule has 1 N–H and O–H groups in total. The van der Waals surface area contributed by atoms with Crippen LogP contribution in [0.2, 0.25) is 5.02 Å². The molecule has 5 heteroatoms. The summed E-state index contributed by atoms with van der Waals surface area (Å²) in [5.74, 6) is -0.261. The highest BCUT2D eigenvalue weighted by molar-refractivity contribution is 9.11. The molecule has 18 heavy (non-hydrogen) atoms. The van der Waals surface area contributed by atoms with Crippen molar-refractivity contribution in [2.75, 3.05) is 5.32 Å². The zero-order valence-corrected chi connectivity index (χ0v) is 13.1. The molecule has 0 amide bonds. The minimum absolute atomic E-state index is 0.261. The molecule has 0 atom stereocenters. The predicted octanol–water partition coefficient (Wildman–Crippen LogP) is 5.62. The van der Waals surface area contributed by atoms with E-state index in [0.717, 1.165) is 15.7 Å². The Balaban J connectivity index is 2.11. The van der Waals surface area contributed by atoms with E-state index >= 15 is 0 Å². The van der Waals surface area contributed by atoms with Gasteiger partial charge in [-0.15, -0.1) is 0 Å². The first-order valence-corrected chi connectivity index (χ1v) is 7.16. The summed E-state index contributed by atoms with van der Waals surface area (Å²) in [5, 5.41) is 3.90. The van der Waals surface area contributed by atoms with Crippen molar-refractivity contribution in [3.63, 3.8) is 0 Å². The second-order valence-electron chi connectivity index (χ2n) is 3.70. The van der Waals surface area contributed by atoms with Gasteiger partial charge in [0.05, 0.1) is 19.7 Å². The third-order valence-electron chi connectivity index (χ3n) is 2.42. The molecule has 2 rings (SSSR count). The molecule has 0 aromatic heterocycles. The Morgan fingerprint density at radius 2 is 1.94 bits per heavy atom. The van der Waals surface area contributed by atoms with Gasteiger partial charge in [0.2, 0.25) is 0 Å². The lowest BCUT2D eigenvalue weighted by atomic mass is 10.2. The van der Waals surface area contributed by atoms with Crippen LogP contribution >= 0.6 is 43.5 Å². The molecule has 2 aromatic carbocycles. The molecule has 0 heterocycles. The highest BCUT2D eigenvalue weighted by Crippen LogP contribution is 2.30. The summed E-state index contributed by atoms with van der Waals surface area (Å²) in [4.78, 5) is 0. The molecular formula is C13H9Br2ClFN. The van der Waals surface area contributed by atoms with Gasteiger partial charge in [-0.05, 0) is 61.7 Å². The van der Waals surface area contributed by atoms with Gasteiger partial charge in [-0.2, -0.15) is 0 Å². The molecule has 0 spiro atoms. The fourth-order valence-electron chi connectivity index (χ4n) is 1.49. The number of rotatable bonds is 3.